The fraction of sp³-hybridized carbons (Fsp3) is 0.125. The molecule has 9 heteroatoms. The summed E-state index contributed by atoms with van der Waals surface area (Å²) in [6.45, 7) is 3.14. The Hall–Kier alpha value is -3.77. The molecule has 0 aliphatic rings. The van der Waals surface area contributed by atoms with Gasteiger partial charge in [0.1, 0.15) is 30.6 Å². The Labute approximate surface area is 260 Å². The largest absolute Gasteiger partial charge is 0.490 e. The van der Waals surface area contributed by atoms with Crippen LogP contribution in [0.2, 0.25) is 5.02 Å². The van der Waals surface area contributed by atoms with Crippen molar-refractivity contribution in [2.45, 2.75) is 20.1 Å². The molecule has 0 unspecified atom stereocenters. The molecule has 0 heterocycles. The Morgan fingerprint density at radius 3 is 2.22 bits per heavy atom. The van der Waals surface area contributed by atoms with Gasteiger partial charge in [-0.15, -0.1) is 0 Å². The Kier molecular flexibility index (Phi) is 10.9. The van der Waals surface area contributed by atoms with E-state index in [1.54, 1.807) is 36.4 Å². The van der Waals surface area contributed by atoms with Crippen molar-refractivity contribution >= 4 is 61.1 Å². The number of hydrogen-bond acceptors (Lipinski definition) is 5. The summed E-state index contributed by atoms with van der Waals surface area (Å²) in [7, 11) is 0. The Bertz CT molecular complexity index is 1560. The van der Waals surface area contributed by atoms with Crippen molar-refractivity contribution in [3.8, 4) is 23.3 Å². The van der Waals surface area contributed by atoms with Crippen LogP contribution < -0.4 is 19.5 Å². The van der Waals surface area contributed by atoms with E-state index in [2.05, 4.69) is 37.2 Å². The van der Waals surface area contributed by atoms with E-state index in [0.717, 1.165) is 11.1 Å². The second kappa shape index (κ2) is 14.7. The van der Waals surface area contributed by atoms with Crippen LogP contribution in [0.1, 0.15) is 23.6 Å². The van der Waals surface area contributed by atoms with Crippen molar-refractivity contribution in [1.29, 1.82) is 5.26 Å². The van der Waals surface area contributed by atoms with Crippen LogP contribution in [0.15, 0.2) is 99.4 Å². The van der Waals surface area contributed by atoms with E-state index < -0.39 is 5.91 Å². The highest BCUT2D eigenvalue weighted by Crippen LogP contribution is 2.37. The summed E-state index contributed by atoms with van der Waals surface area (Å²) < 4.78 is 19.2. The zero-order chi connectivity index (χ0) is 29.2. The molecule has 1 N–H and O–H groups in total. The summed E-state index contributed by atoms with van der Waals surface area (Å²) >= 11 is 13.0. The first-order valence-corrected chi connectivity index (χ1v) is 14.6. The lowest BCUT2D eigenvalue weighted by atomic mass is 10.1. The molecule has 208 valence electrons. The fourth-order valence-corrected chi connectivity index (χ4v) is 5.35. The number of nitriles is 1. The van der Waals surface area contributed by atoms with E-state index in [1.165, 1.54) is 6.08 Å². The molecule has 4 aromatic carbocycles. The van der Waals surface area contributed by atoms with Crippen LogP contribution >= 0.6 is 43.5 Å². The normalized spacial score (nSPS) is 11.0. The van der Waals surface area contributed by atoms with E-state index in [9.17, 15) is 10.1 Å². The van der Waals surface area contributed by atoms with Gasteiger partial charge in [-0.3, -0.25) is 4.79 Å². The van der Waals surface area contributed by atoms with Crippen LogP contribution in [-0.2, 0) is 18.0 Å². The molecule has 0 aliphatic carbocycles. The third-order valence-electron chi connectivity index (χ3n) is 5.73. The molecule has 0 radical (unpaired) electrons. The van der Waals surface area contributed by atoms with Gasteiger partial charge in [-0.1, -0.05) is 48.0 Å². The van der Waals surface area contributed by atoms with Gasteiger partial charge in [0.2, 0.25) is 0 Å². The van der Waals surface area contributed by atoms with Crippen molar-refractivity contribution in [3.05, 3.63) is 121 Å². The molecule has 4 aromatic rings. The third-order valence-corrected chi connectivity index (χ3v) is 7.16. The van der Waals surface area contributed by atoms with Gasteiger partial charge in [0, 0.05) is 10.7 Å². The van der Waals surface area contributed by atoms with Crippen LogP contribution in [0.3, 0.4) is 0 Å². The third kappa shape index (κ3) is 8.61. The second-order valence-electron chi connectivity index (χ2n) is 8.72. The first-order chi connectivity index (χ1) is 19.9. The van der Waals surface area contributed by atoms with Crippen LogP contribution in [0.4, 0.5) is 5.69 Å². The second-order valence-corrected chi connectivity index (χ2v) is 10.9. The number of carbonyl (C=O) groups excluding carboxylic acids is 1. The van der Waals surface area contributed by atoms with Gasteiger partial charge in [0.25, 0.3) is 5.91 Å². The number of halogens is 3. The van der Waals surface area contributed by atoms with Crippen molar-refractivity contribution in [3.63, 3.8) is 0 Å². The highest BCUT2D eigenvalue weighted by atomic mass is 79.9. The van der Waals surface area contributed by atoms with Gasteiger partial charge in [0.05, 0.1) is 15.6 Å². The maximum atomic E-state index is 12.6. The lowest BCUT2D eigenvalue weighted by Crippen LogP contribution is -2.13. The van der Waals surface area contributed by atoms with Crippen molar-refractivity contribution in [2.75, 3.05) is 11.9 Å². The maximum absolute atomic E-state index is 12.6. The average molecular weight is 697 g/mol. The maximum Gasteiger partial charge on any atom is 0.266 e. The van der Waals surface area contributed by atoms with E-state index >= 15 is 0 Å². The quantitative estimate of drug-likeness (QED) is 0.125. The molecule has 0 fully saturated rings. The SMILES string of the molecule is CCOc1cc(COc2c(Br)cc(/C=C(/C#N)C(=O)Nc3ccc(Cl)cc3)cc2Br)ccc1OCc1ccccc1. The zero-order valence-corrected chi connectivity index (χ0v) is 25.9. The van der Waals surface area contributed by atoms with E-state index in [1.807, 2.05) is 61.5 Å². The lowest BCUT2D eigenvalue weighted by molar-refractivity contribution is -0.112. The number of nitrogens with zero attached hydrogens (tertiary/aromatic N) is 1. The van der Waals surface area contributed by atoms with Crippen molar-refractivity contribution in [2.24, 2.45) is 0 Å². The molecule has 0 atom stereocenters. The molecule has 1 amide bonds. The van der Waals surface area contributed by atoms with Crippen molar-refractivity contribution < 1.29 is 19.0 Å². The Morgan fingerprint density at radius 1 is 0.878 bits per heavy atom. The molecular weight excluding hydrogens is 672 g/mol. The zero-order valence-electron chi connectivity index (χ0n) is 22.0. The molecule has 4 rings (SSSR count). The van der Waals surface area contributed by atoms with Gasteiger partial charge in [-0.05, 0) is 110 Å². The van der Waals surface area contributed by atoms with E-state index in [0.29, 0.717) is 55.7 Å². The summed E-state index contributed by atoms with van der Waals surface area (Å²) in [5.41, 5.74) is 3.09. The van der Waals surface area contributed by atoms with Gasteiger partial charge in [-0.25, -0.2) is 0 Å². The predicted molar refractivity (Wildman–Crippen MR) is 168 cm³/mol. The minimum atomic E-state index is -0.524. The molecule has 6 nitrogen and oxygen atoms in total. The van der Waals surface area contributed by atoms with Gasteiger partial charge < -0.3 is 19.5 Å². The van der Waals surface area contributed by atoms with Crippen LogP contribution in [0.5, 0.6) is 17.2 Å². The number of carbonyl (C=O) groups is 1. The standard InChI is InChI=1S/C32H25Br2ClN2O4/c1-2-39-30-17-22(8-13-29(30)40-19-21-6-4-3-5-7-21)20-41-31-27(33)15-23(16-28(31)34)14-24(18-36)32(38)37-26-11-9-25(35)10-12-26/h3-17H,2,19-20H2,1H3,(H,37,38)/b24-14-. The number of ether oxygens (including phenoxy) is 3. The molecule has 0 saturated heterocycles. The number of rotatable bonds is 11. The smallest absolute Gasteiger partial charge is 0.266 e. The molecule has 0 aromatic heterocycles. The summed E-state index contributed by atoms with van der Waals surface area (Å²) in [4.78, 5) is 12.6. The number of amides is 1. The molecule has 0 bridgehead atoms. The minimum absolute atomic E-state index is 0.0505. The topological polar surface area (TPSA) is 80.6 Å². The fourth-order valence-electron chi connectivity index (χ4n) is 3.77. The van der Waals surface area contributed by atoms with Crippen molar-refractivity contribution in [1.82, 2.24) is 0 Å². The first kappa shape index (κ1) is 30.2. The Morgan fingerprint density at radius 2 is 1.56 bits per heavy atom. The average Bonchev–Trinajstić information content (AvgIpc) is 2.97. The first-order valence-electron chi connectivity index (χ1n) is 12.6. The molecular formula is C32H25Br2ClN2O4. The van der Waals surface area contributed by atoms with Crippen LogP contribution in [-0.4, -0.2) is 12.5 Å². The number of benzene rings is 4. The molecule has 0 aliphatic heterocycles. The lowest BCUT2D eigenvalue weighted by Gasteiger charge is -2.15. The monoisotopic (exact) mass is 694 g/mol. The Balaban J connectivity index is 1.44. The van der Waals surface area contributed by atoms with Gasteiger partial charge in [0.15, 0.2) is 11.5 Å². The number of hydrogen-bond donors (Lipinski definition) is 1. The molecule has 0 spiro atoms. The van der Waals surface area contributed by atoms with E-state index in [4.69, 9.17) is 25.8 Å². The van der Waals surface area contributed by atoms with E-state index in [-0.39, 0.29) is 12.2 Å². The van der Waals surface area contributed by atoms with Gasteiger partial charge in [-0.2, -0.15) is 5.26 Å². The summed E-state index contributed by atoms with van der Waals surface area (Å²) in [6.07, 6.45) is 1.51. The summed E-state index contributed by atoms with van der Waals surface area (Å²) in [5, 5.41) is 12.8. The van der Waals surface area contributed by atoms with Crippen LogP contribution in [0.25, 0.3) is 6.08 Å². The van der Waals surface area contributed by atoms with Gasteiger partial charge >= 0.3 is 0 Å². The summed E-state index contributed by atoms with van der Waals surface area (Å²) in [6, 6.07) is 27.8. The number of anilines is 1. The number of nitrogens with one attached hydrogen (secondary N) is 1. The highest BCUT2D eigenvalue weighted by Gasteiger charge is 2.14. The minimum Gasteiger partial charge on any atom is -0.490 e. The molecule has 41 heavy (non-hydrogen) atoms. The molecule has 0 saturated carbocycles. The predicted octanol–water partition coefficient (Wildman–Crippen LogP) is 8.97. The van der Waals surface area contributed by atoms with Crippen LogP contribution in [0, 0.1) is 11.3 Å². The summed E-state index contributed by atoms with van der Waals surface area (Å²) in [5.74, 6) is 1.35. The highest BCUT2D eigenvalue weighted by molar-refractivity contribution is 9.11.